The Morgan fingerprint density at radius 1 is 1.27 bits per heavy atom. The third kappa shape index (κ3) is 6.33. The van der Waals surface area contributed by atoms with E-state index in [9.17, 15) is 4.79 Å². The van der Waals surface area contributed by atoms with E-state index in [-0.39, 0.29) is 18.4 Å². The van der Waals surface area contributed by atoms with Gasteiger partial charge in [0.05, 0.1) is 6.54 Å². The largest absolute Gasteiger partial charge is 0.489 e. The highest BCUT2D eigenvalue weighted by atomic mass is 35.5. The molecule has 2 aromatic rings. The Morgan fingerprint density at radius 3 is 2.62 bits per heavy atom. The molecule has 0 radical (unpaired) electrons. The van der Waals surface area contributed by atoms with Gasteiger partial charge in [-0.2, -0.15) is 0 Å². The van der Waals surface area contributed by atoms with Gasteiger partial charge in [0.1, 0.15) is 24.2 Å². The summed E-state index contributed by atoms with van der Waals surface area (Å²) in [6, 6.07) is 10.4. The zero-order chi connectivity index (χ0) is 18.9. The topological polar surface area (TPSA) is 102 Å². The van der Waals surface area contributed by atoms with E-state index in [0.29, 0.717) is 29.8 Å². The van der Waals surface area contributed by atoms with Crippen molar-refractivity contribution in [2.45, 2.75) is 26.5 Å². The molecule has 1 amide bonds. The van der Waals surface area contributed by atoms with Crippen molar-refractivity contribution in [3.63, 3.8) is 0 Å². The van der Waals surface area contributed by atoms with Gasteiger partial charge in [0.15, 0.2) is 11.7 Å². The van der Waals surface area contributed by atoms with E-state index in [2.05, 4.69) is 15.6 Å². The Balaban J connectivity index is 1.87. The van der Waals surface area contributed by atoms with Gasteiger partial charge in [0.25, 0.3) is 5.91 Å². The molecule has 4 N–H and O–H groups in total. The molecule has 1 heterocycles. The zero-order valence-corrected chi connectivity index (χ0v) is 15.5. The van der Waals surface area contributed by atoms with E-state index in [0.717, 1.165) is 5.75 Å². The molecule has 0 saturated carbocycles. The predicted molar refractivity (Wildman–Crippen MR) is 102 cm³/mol. The van der Waals surface area contributed by atoms with E-state index < -0.39 is 5.91 Å². The number of nitrogens with two attached hydrogens (primary N) is 1. The van der Waals surface area contributed by atoms with Crippen LogP contribution in [-0.2, 0) is 6.54 Å². The maximum absolute atomic E-state index is 11.0. The first-order valence-corrected chi connectivity index (χ1v) is 8.68. The lowest BCUT2D eigenvalue weighted by atomic mass is 10.3. The van der Waals surface area contributed by atoms with Gasteiger partial charge in [-0.25, -0.2) is 4.99 Å². The summed E-state index contributed by atoms with van der Waals surface area (Å²) in [7, 11) is 0. The normalized spacial score (nSPS) is 12.5. The van der Waals surface area contributed by atoms with Crippen LogP contribution in [0.15, 0.2) is 45.8 Å². The van der Waals surface area contributed by atoms with Gasteiger partial charge >= 0.3 is 0 Å². The molecule has 7 nitrogen and oxygen atoms in total. The number of nitrogens with one attached hydrogen (secondary N) is 2. The van der Waals surface area contributed by atoms with Crippen LogP contribution in [0.2, 0.25) is 5.02 Å². The smallest absolute Gasteiger partial charge is 0.284 e. The number of amides is 1. The molecule has 0 aliphatic rings. The van der Waals surface area contributed by atoms with Crippen LogP contribution in [0.3, 0.4) is 0 Å². The van der Waals surface area contributed by atoms with Crippen LogP contribution in [0, 0.1) is 0 Å². The van der Waals surface area contributed by atoms with Crippen molar-refractivity contribution in [1.82, 2.24) is 10.6 Å². The van der Waals surface area contributed by atoms with E-state index in [1.807, 2.05) is 26.0 Å². The molecular weight excluding hydrogens is 356 g/mol. The van der Waals surface area contributed by atoms with Gasteiger partial charge in [0.2, 0.25) is 0 Å². The number of guanidine groups is 1. The summed E-state index contributed by atoms with van der Waals surface area (Å²) in [6.07, 6.45) is -0.0786. The third-order valence-corrected chi connectivity index (χ3v) is 3.60. The van der Waals surface area contributed by atoms with Crippen LogP contribution in [0.1, 0.15) is 30.2 Å². The number of furan rings is 1. The predicted octanol–water partition coefficient (Wildman–Crippen LogP) is 2.55. The molecule has 1 aromatic heterocycles. The lowest BCUT2D eigenvalue weighted by Gasteiger charge is -2.17. The molecule has 0 fully saturated rings. The fraction of sp³-hybridized carbons (Fsp3) is 0.333. The number of carbonyl (C=O) groups excluding carboxylic acids is 1. The summed E-state index contributed by atoms with van der Waals surface area (Å²) >= 11 is 5.86. The molecule has 0 saturated heterocycles. The van der Waals surface area contributed by atoms with Crippen LogP contribution in [-0.4, -0.2) is 31.1 Å². The van der Waals surface area contributed by atoms with E-state index >= 15 is 0 Å². The molecule has 8 heteroatoms. The van der Waals surface area contributed by atoms with Crippen molar-refractivity contribution >= 4 is 23.5 Å². The van der Waals surface area contributed by atoms with Gasteiger partial charge < -0.3 is 25.5 Å². The molecule has 1 atom stereocenters. The molecule has 0 spiro atoms. The highest BCUT2D eigenvalue weighted by molar-refractivity contribution is 6.30. The average molecular weight is 379 g/mol. The molecular formula is C18H23ClN4O3. The maximum atomic E-state index is 11.0. The first-order chi connectivity index (χ1) is 12.5. The summed E-state index contributed by atoms with van der Waals surface area (Å²) in [5.41, 5.74) is 5.17. The molecule has 140 valence electrons. The van der Waals surface area contributed by atoms with Gasteiger partial charge in [-0.05, 0) is 50.2 Å². The number of benzene rings is 1. The third-order valence-electron chi connectivity index (χ3n) is 3.35. The number of rotatable bonds is 8. The van der Waals surface area contributed by atoms with Crippen molar-refractivity contribution in [2.75, 3.05) is 13.1 Å². The fourth-order valence-corrected chi connectivity index (χ4v) is 2.25. The van der Waals surface area contributed by atoms with Crippen LogP contribution < -0.4 is 21.1 Å². The zero-order valence-electron chi connectivity index (χ0n) is 14.8. The Bertz CT molecular complexity index is 743. The second kappa shape index (κ2) is 9.72. The van der Waals surface area contributed by atoms with Crippen LogP contribution in [0.5, 0.6) is 5.75 Å². The quantitative estimate of drug-likeness (QED) is 0.484. The second-order valence-electron chi connectivity index (χ2n) is 5.59. The van der Waals surface area contributed by atoms with Gasteiger partial charge in [0, 0.05) is 11.6 Å². The monoisotopic (exact) mass is 378 g/mol. The summed E-state index contributed by atoms with van der Waals surface area (Å²) in [6.45, 7) is 5.48. The Kier molecular flexibility index (Phi) is 7.35. The van der Waals surface area contributed by atoms with Crippen LogP contribution >= 0.6 is 11.6 Å². The molecule has 0 bridgehead atoms. The fourth-order valence-electron chi connectivity index (χ4n) is 2.12. The minimum absolute atomic E-state index is 0.0786. The standard InChI is InChI=1S/C18H23ClN4O3/c1-3-21-18(23-11-15-8-9-16(26-15)17(20)24)22-10-12(2)25-14-6-4-13(19)5-7-14/h4-9,12H,3,10-11H2,1-2H3,(H2,20,24)(H2,21,22,23). The molecule has 26 heavy (non-hydrogen) atoms. The summed E-state index contributed by atoms with van der Waals surface area (Å²) in [5, 5.41) is 7.02. The van der Waals surface area contributed by atoms with Gasteiger partial charge in [-0.1, -0.05) is 11.6 Å². The Hall–Kier alpha value is -2.67. The van der Waals surface area contributed by atoms with Gasteiger partial charge in [-0.15, -0.1) is 0 Å². The molecule has 2 rings (SSSR count). The number of primary amides is 1. The molecule has 0 aliphatic heterocycles. The van der Waals surface area contributed by atoms with E-state index in [1.165, 1.54) is 6.07 Å². The number of halogens is 1. The first-order valence-electron chi connectivity index (χ1n) is 8.31. The van der Waals surface area contributed by atoms with Crippen molar-refractivity contribution in [3.8, 4) is 5.75 Å². The van der Waals surface area contributed by atoms with Crippen molar-refractivity contribution < 1.29 is 13.9 Å². The SMILES string of the molecule is CCNC(=NCc1ccc(C(N)=O)o1)NCC(C)Oc1ccc(Cl)cc1. The lowest BCUT2D eigenvalue weighted by molar-refractivity contribution is 0.0972. The molecule has 1 aromatic carbocycles. The summed E-state index contributed by atoms with van der Waals surface area (Å²) in [5.74, 6) is 1.45. The lowest BCUT2D eigenvalue weighted by Crippen LogP contribution is -2.41. The minimum atomic E-state index is -0.599. The van der Waals surface area contributed by atoms with Gasteiger partial charge in [-0.3, -0.25) is 4.79 Å². The molecule has 0 aliphatic carbocycles. The number of nitrogens with zero attached hydrogens (tertiary/aromatic N) is 1. The Morgan fingerprint density at radius 2 is 2.00 bits per heavy atom. The highest BCUT2D eigenvalue weighted by Crippen LogP contribution is 2.16. The van der Waals surface area contributed by atoms with Crippen molar-refractivity contribution in [1.29, 1.82) is 0 Å². The summed E-state index contributed by atoms with van der Waals surface area (Å²) < 4.78 is 11.1. The number of hydrogen-bond donors (Lipinski definition) is 3. The first kappa shape index (κ1) is 19.7. The average Bonchev–Trinajstić information content (AvgIpc) is 3.09. The number of ether oxygens (including phenoxy) is 1. The number of aliphatic imine (C=N–C) groups is 1. The van der Waals surface area contributed by atoms with Crippen molar-refractivity contribution in [2.24, 2.45) is 10.7 Å². The number of carbonyl (C=O) groups is 1. The van der Waals surface area contributed by atoms with Crippen molar-refractivity contribution in [3.05, 3.63) is 52.9 Å². The van der Waals surface area contributed by atoms with E-state index in [1.54, 1.807) is 18.2 Å². The minimum Gasteiger partial charge on any atom is -0.489 e. The summed E-state index contributed by atoms with van der Waals surface area (Å²) in [4.78, 5) is 15.5. The Labute approximate surface area is 157 Å². The second-order valence-corrected chi connectivity index (χ2v) is 6.03. The van der Waals surface area contributed by atoms with Crippen LogP contribution in [0.4, 0.5) is 0 Å². The molecule has 1 unspecified atom stereocenters. The number of hydrogen-bond acceptors (Lipinski definition) is 4. The van der Waals surface area contributed by atoms with E-state index in [4.69, 9.17) is 26.5 Å². The maximum Gasteiger partial charge on any atom is 0.284 e. The highest BCUT2D eigenvalue weighted by Gasteiger charge is 2.08. The van der Waals surface area contributed by atoms with Crippen LogP contribution in [0.25, 0.3) is 0 Å².